The first kappa shape index (κ1) is 23.4. The van der Waals surface area contributed by atoms with Gasteiger partial charge in [-0.1, -0.05) is 0 Å². The Labute approximate surface area is 171 Å². The van der Waals surface area contributed by atoms with Crippen molar-refractivity contribution in [1.29, 1.82) is 0 Å². The van der Waals surface area contributed by atoms with Gasteiger partial charge in [-0.2, -0.15) is 13.2 Å². The van der Waals surface area contributed by atoms with Crippen molar-refractivity contribution in [3.05, 3.63) is 16.1 Å². The van der Waals surface area contributed by atoms with Gasteiger partial charge in [0, 0.05) is 50.6 Å². The second-order valence-corrected chi connectivity index (χ2v) is 6.95. The molecule has 0 radical (unpaired) electrons. The normalized spacial score (nSPS) is 20.7. The second kappa shape index (κ2) is 10.6. The molecule has 0 saturated carbocycles. The zero-order chi connectivity index (χ0) is 18.3. The van der Waals surface area contributed by atoms with Crippen LogP contribution >= 0.6 is 35.3 Å². The number of aromatic nitrogens is 1. The molecule has 150 valence electrons. The third-order valence-corrected chi connectivity index (χ3v) is 5.06. The molecule has 26 heavy (non-hydrogen) atoms. The number of guanidine groups is 1. The fourth-order valence-corrected chi connectivity index (χ4v) is 3.45. The van der Waals surface area contributed by atoms with E-state index in [2.05, 4.69) is 20.6 Å². The number of aliphatic hydroxyl groups excluding tert-OH is 1. The molecule has 3 N–H and O–H groups in total. The fraction of sp³-hybridized carbons (Fsp3) is 0.733. The fourth-order valence-electron chi connectivity index (χ4n) is 2.65. The van der Waals surface area contributed by atoms with Gasteiger partial charge in [0.1, 0.15) is 0 Å². The van der Waals surface area contributed by atoms with Crippen molar-refractivity contribution in [1.82, 2.24) is 15.6 Å². The third kappa shape index (κ3) is 6.82. The zero-order valence-corrected chi connectivity index (χ0v) is 17.6. The van der Waals surface area contributed by atoms with E-state index in [-0.39, 0.29) is 36.0 Å². The van der Waals surface area contributed by atoms with Gasteiger partial charge in [-0.3, -0.25) is 4.99 Å². The lowest BCUT2D eigenvalue weighted by atomic mass is 9.84. The summed E-state index contributed by atoms with van der Waals surface area (Å²) >= 11 is 1.000. The van der Waals surface area contributed by atoms with Gasteiger partial charge in [0.25, 0.3) is 0 Å². The minimum absolute atomic E-state index is 0. The molecule has 6 nitrogen and oxygen atoms in total. The first-order chi connectivity index (χ1) is 11.9. The molecule has 1 aliphatic heterocycles. The summed E-state index contributed by atoms with van der Waals surface area (Å²) in [5.74, 6) is 0.566. The average Bonchev–Trinajstić information content (AvgIpc) is 3.20. The maximum absolute atomic E-state index is 12.5. The van der Waals surface area contributed by atoms with Crippen LogP contribution in [-0.2, 0) is 17.3 Å². The van der Waals surface area contributed by atoms with Crippen LogP contribution in [0.5, 0.6) is 0 Å². The maximum Gasteiger partial charge on any atom is 0.434 e. The highest BCUT2D eigenvalue weighted by molar-refractivity contribution is 14.0. The van der Waals surface area contributed by atoms with E-state index >= 15 is 0 Å². The number of rotatable bonds is 7. The van der Waals surface area contributed by atoms with Gasteiger partial charge in [-0.25, -0.2) is 4.98 Å². The standard InChI is InChI=1S/C15H23F3N4O2S.HI/c1-19-13(21-9-14(3-6-23)4-7-24-10-14)20-5-2-12-22-11(8-25-12)15(16,17)18;/h8,23H,2-7,9-10H2,1H3,(H2,19,20,21);1H. The summed E-state index contributed by atoms with van der Waals surface area (Å²) in [6, 6.07) is 0. The number of thiazole rings is 1. The molecule has 2 heterocycles. The van der Waals surface area contributed by atoms with Crippen LogP contribution in [0.3, 0.4) is 0 Å². The van der Waals surface area contributed by atoms with Gasteiger partial charge in [0.05, 0.1) is 11.6 Å². The van der Waals surface area contributed by atoms with E-state index in [9.17, 15) is 18.3 Å². The van der Waals surface area contributed by atoms with E-state index in [0.717, 1.165) is 23.1 Å². The highest BCUT2D eigenvalue weighted by atomic mass is 127. The summed E-state index contributed by atoms with van der Waals surface area (Å²) in [6.45, 7) is 2.41. The number of hydrogen-bond donors (Lipinski definition) is 3. The molecule has 1 fully saturated rings. The Balaban J connectivity index is 0.00000338. The predicted octanol–water partition coefficient (Wildman–Crippen LogP) is 2.28. The molecule has 0 aromatic carbocycles. The largest absolute Gasteiger partial charge is 0.434 e. The summed E-state index contributed by atoms with van der Waals surface area (Å²) in [5, 5.41) is 17.0. The van der Waals surface area contributed by atoms with Crippen molar-refractivity contribution < 1.29 is 23.0 Å². The number of aliphatic imine (C=N–C) groups is 1. The number of nitrogens with one attached hydrogen (secondary N) is 2. The smallest absolute Gasteiger partial charge is 0.396 e. The first-order valence-corrected chi connectivity index (χ1v) is 8.91. The van der Waals surface area contributed by atoms with Gasteiger partial charge >= 0.3 is 6.18 Å². The Bertz CT molecular complexity index is 577. The van der Waals surface area contributed by atoms with Crippen molar-refractivity contribution in [2.24, 2.45) is 10.4 Å². The van der Waals surface area contributed by atoms with E-state index in [1.807, 2.05) is 0 Å². The summed E-state index contributed by atoms with van der Waals surface area (Å²) in [7, 11) is 1.63. The first-order valence-electron chi connectivity index (χ1n) is 8.03. The monoisotopic (exact) mass is 508 g/mol. The van der Waals surface area contributed by atoms with Gasteiger partial charge in [-0.15, -0.1) is 35.3 Å². The van der Waals surface area contributed by atoms with Crippen LogP contribution < -0.4 is 10.6 Å². The molecule has 1 unspecified atom stereocenters. The van der Waals surface area contributed by atoms with E-state index in [1.54, 1.807) is 7.05 Å². The molecule has 1 aromatic heterocycles. The Morgan fingerprint density at radius 3 is 2.77 bits per heavy atom. The summed E-state index contributed by atoms with van der Waals surface area (Å²) < 4.78 is 43.0. The molecule has 2 rings (SSSR count). The highest BCUT2D eigenvalue weighted by Gasteiger charge is 2.35. The maximum atomic E-state index is 12.5. The van der Waals surface area contributed by atoms with Crippen LogP contribution in [0.2, 0.25) is 0 Å². The number of ether oxygens (including phenoxy) is 1. The molecule has 1 aliphatic rings. The van der Waals surface area contributed by atoms with Gasteiger partial charge < -0.3 is 20.5 Å². The molecule has 1 saturated heterocycles. The van der Waals surface area contributed by atoms with Crippen molar-refractivity contribution in [2.75, 3.05) is 40.0 Å². The minimum atomic E-state index is -4.40. The van der Waals surface area contributed by atoms with E-state index < -0.39 is 11.9 Å². The van der Waals surface area contributed by atoms with Gasteiger partial charge in [0.15, 0.2) is 11.7 Å². The molecule has 1 atom stereocenters. The average molecular weight is 508 g/mol. The van der Waals surface area contributed by atoms with Crippen molar-refractivity contribution in [3.63, 3.8) is 0 Å². The zero-order valence-electron chi connectivity index (χ0n) is 14.4. The Kier molecular flexibility index (Phi) is 9.55. The number of halogens is 4. The molecule has 0 bridgehead atoms. The van der Waals surface area contributed by atoms with Crippen LogP contribution in [0.1, 0.15) is 23.5 Å². The van der Waals surface area contributed by atoms with Crippen LogP contribution in [0.25, 0.3) is 0 Å². The minimum Gasteiger partial charge on any atom is -0.396 e. The number of alkyl halides is 3. The predicted molar refractivity (Wildman–Crippen MR) is 105 cm³/mol. The quantitative estimate of drug-likeness (QED) is 0.300. The lowest BCUT2D eigenvalue weighted by Gasteiger charge is -2.27. The van der Waals surface area contributed by atoms with Gasteiger partial charge in [0.2, 0.25) is 0 Å². The van der Waals surface area contributed by atoms with Crippen molar-refractivity contribution in [2.45, 2.75) is 25.4 Å². The second-order valence-electron chi connectivity index (χ2n) is 6.00. The number of aliphatic hydroxyl groups is 1. The molecular weight excluding hydrogens is 484 g/mol. The van der Waals surface area contributed by atoms with E-state index in [1.165, 1.54) is 0 Å². The number of hydrogen-bond acceptors (Lipinski definition) is 5. The SMILES string of the molecule is CN=C(NCCc1nc(C(F)(F)F)cs1)NCC1(CCO)CCOC1.I. The van der Waals surface area contributed by atoms with Crippen molar-refractivity contribution in [3.8, 4) is 0 Å². The van der Waals surface area contributed by atoms with Crippen LogP contribution in [0, 0.1) is 5.41 Å². The molecule has 11 heteroatoms. The summed E-state index contributed by atoms with van der Waals surface area (Å²) in [6.07, 6.45) is -2.50. The Morgan fingerprint density at radius 1 is 1.46 bits per heavy atom. The van der Waals surface area contributed by atoms with Crippen molar-refractivity contribution >= 4 is 41.3 Å². The van der Waals surface area contributed by atoms with Crippen LogP contribution in [-0.4, -0.2) is 56.0 Å². The lowest BCUT2D eigenvalue weighted by Crippen LogP contribution is -2.45. The van der Waals surface area contributed by atoms with E-state index in [0.29, 0.717) is 50.1 Å². The van der Waals surface area contributed by atoms with Gasteiger partial charge in [-0.05, 0) is 12.8 Å². The van der Waals surface area contributed by atoms with Crippen LogP contribution in [0.4, 0.5) is 13.2 Å². The summed E-state index contributed by atoms with van der Waals surface area (Å²) in [5.41, 5.74) is -0.953. The molecule has 1 aromatic rings. The molecular formula is C15H24F3IN4O2S. The Morgan fingerprint density at radius 2 is 2.23 bits per heavy atom. The molecule has 0 spiro atoms. The number of nitrogens with zero attached hydrogens (tertiary/aromatic N) is 2. The molecule has 0 amide bonds. The lowest BCUT2D eigenvalue weighted by molar-refractivity contribution is -0.140. The topological polar surface area (TPSA) is 78.8 Å². The third-order valence-electron chi connectivity index (χ3n) is 4.16. The van der Waals surface area contributed by atoms with Crippen LogP contribution in [0.15, 0.2) is 10.4 Å². The molecule has 0 aliphatic carbocycles. The van der Waals surface area contributed by atoms with E-state index in [4.69, 9.17) is 4.74 Å². The Hall–Kier alpha value is -0.660. The highest BCUT2D eigenvalue weighted by Crippen LogP contribution is 2.31. The summed E-state index contributed by atoms with van der Waals surface area (Å²) in [4.78, 5) is 7.71.